The van der Waals surface area contributed by atoms with Crippen LogP contribution in [0.4, 0.5) is 0 Å². The molecule has 0 radical (unpaired) electrons. The number of hydrogen-bond acceptors (Lipinski definition) is 4. The summed E-state index contributed by atoms with van der Waals surface area (Å²) in [5.74, 6) is 5.18. The predicted octanol–water partition coefficient (Wildman–Crippen LogP) is 3.50. The average Bonchev–Trinajstić information content (AvgIpc) is 2.68. The lowest BCUT2D eigenvalue weighted by molar-refractivity contribution is -0.138. The standard InChI is InChI=1S/C23H32O5/c1-28-23-14-13-21(25)18(11-12-20(24)16-7-3-2-4-8-16)19(23)15-17(23)9-5-6-10-22(26)27/h9,16,18-19,21,25H,2-8,10,13-15H2,1H3,(H,26,27). The Morgan fingerprint density at radius 3 is 2.68 bits per heavy atom. The van der Waals surface area contributed by atoms with E-state index in [1.165, 1.54) is 12.0 Å². The Labute approximate surface area is 167 Å². The first kappa shape index (κ1) is 21.1. The zero-order chi connectivity index (χ0) is 20.1. The average molecular weight is 389 g/mol. The highest BCUT2D eigenvalue weighted by Gasteiger charge is 2.58. The molecule has 0 aliphatic heterocycles. The molecule has 0 heterocycles. The number of rotatable bonds is 6. The predicted molar refractivity (Wildman–Crippen MR) is 106 cm³/mol. The number of aliphatic carboxylic acids is 1. The lowest BCUT2D eigenvalue weighted by Crippen LogP contribution is -2.59. The van der Waals surface area contributed by atoms with E-state index in [-0.39, 0.29) is 30.0 Å². The Morgan fingerprint density at radius 2 is 2.00 bits per heavy atom. The number of Topliss-reactive ketones (excluding diaryl/α,β-unsaturated/α-hetero) is 1. The normalized spacial score (nSPS) is 34.1. The van der Waals surface area contributed by atoms with Crippen molar-refractivity contribution in [3.05, 3.63) is 11.6 Å². The van der Waals surface area contributed by atoms with Crippen molar-refractivity contribution in [2.45, 2.75) is 82.3 Å². The molecule has 4 unspecified atom stereocenters. The minimum atomic E-state index is -0.773. The number of ketones is 1. The molecule has 0 aromatic carbocycles. The van der Waals surface area contributed by atoms with Crippen molar-refractivity contribution < 1.29 is 24.5 Å². The van der Waals surface area contributed by atoms with Crippen molar-refractivity contribution in [3.63, 3.8) is 0 Å². The number of fused-ring (bicyclic) bond motifs is 1. The highest BCUT2D eigenvalue weighted by molar-refractivity contribution is 5.97. The van der Waals surface area contributed by atoms with Crippen molar-refractivity contribution in [2.24, 2.45) is 17.8 Å². The van der Waals surface area contributed by atoms with Crippen LogP contribution in [0.5, 0.6) is 0 Å². The van der Waals surface area contributed by atoms with Gasteiger partial charge in [-0.15, -0.1) is 0 Å². The molecule has 28 heavy (non-hydrogen) atoms. The van der Waals surface area contributed by atoms with Gasteiger partial charge in [0, 0.05) is 25.4 Å². The van der Waals surface area contributed by atoms with Crippen molar-refractivity contribution >= 4 is 11.8 Å². The molecular formula is C23H32O5. The molecule has 3 aliphatic rings. The molecule has 0 bridgehead atoms. The van der Waals surface area contributed by atoms with Crippen LogP contribution in [0, 0.1) is 29.6 Å². The van der Waals surface area contributed by atoms with Crippen molar-refractivity contribution in [1.82, 2.24) is 0 Å². The summed E-state index contributed by atoms with van der Waals surface area (Å²) >= 11 is 0. The highest BCUT2D eigenvalue weighted by atomic mass is 16.5. The second-order valence-corrected chi connectivity index (χ2v) is 8.52. The van der Waals surface area contributed by atoms with Crippen molar-refractivity contribution in [1.29, 1.82) is 0 Å². The van der Waals surface area contributed by atoms with Gasteiger partial charge in [0.05, 0.1) is 17.6 Å². The molecule has 0 aromatic rings. The van der Waals surface area contributed by atoms with E-state index in [0.717, 1.165) is 44.9 Å². The van der Waals surface area contributed by atoms with Gasteiger partial charge in [-0.2, -0.15) is 0 Å². The molecule has 154 valence electrons. The lowest BCUT2D eigenvalue weighted by atomic mass is 9.53. The summed E-state index contributed by atoms with van der Waals surface area (Å²) in [6.07, 6.45) is 10.5. The largest absolute Gasteiger partial charge is 0.481 e. The molecule has 5 nitrogen and oxygen atoms in total. The number of allylic oxidation sites excluding steroid dienone is 1. The van der Waals surface area contributed by atoms with Gasteiger partial charge in [-0.3, -0.25) is 9.59 Å². The number of carboxylic acids is 1. The molecule has 0 amide bonds. The summed E-state index contributed by atoms with van der Waals surface area (Å²) in [7, 11) is 1.70. The molecule has 3 fully saturated rings. The lowest BCUT2D eigenvalue weighted by Gasteiger charge is -2.57. The topological polar surface area (TPSA) is 83.8 Å². The fraction of sp³-hybridized carbons (Fsp3) is 0.739. The number of carbonyl (C=O) groups excluding carboxylic acids is 1. The maximum atomic E-state index is 12.5. The van der Waals surface area contributed by atoms with E-state index in [9.17, 15) is 14.7 Å². The number of carbonyl (C=O) groups is 2. The SMILES string of the molecule is COC12CCC(O)C(C#CC(=O)C3CCCCC3)C1CC2=CCCCC(=O)O. The van der Waals surface area contributed by atoms with Gasteiger partial charge in [0.25, 0.3) is 0 Å². The summed E-state index contributed by atoms with van der Waals surface area (Å²) in [5, 5.41) is 19.3. The van der Waals surface area contributed by atoms with Crippen LogP contribution in [0.15, 0.2) is 11.6 Å². The van der Waals surface area contributed by atoms with Crippen LogP contribution in [-0.2, 0) is 14.3 Å². The third kappa shape index (κ3) is 4.34. The highest BCUT2D eigenvalue weighted by Crippen LogP contribution is 2.56. The summed E-state index contributed by atoms with van der Waals surface area (Å²) in [5.41, 5.74) is 0.790. The first-order chi connectivity index (χ1) is 13.5. The molecule has 2 N–H and O–H groups in total. The molecule has 0 spiro atoms. The van der Waals surface area contributed by atoms with Crippen molar-refractivity contribution in [2.75, 3.05) is 7.11 Å². The van der Waals surface area contributed by atoms with Crippen LogP contribution in [0.2, 0.25) is 0 Å². The molecule has 5 heteroatoms. The number of hydrogen-bond donors (Lipinski definition) is 2. The van der Waals surface area contributed by atoms with E-state index >= 15 is 0 Å². The summed E-state index contributed by atoms with van der Waals surface area (Å²) in [4.78, 5) is 23.1. The third-order valence-corrected chi connectivity index (χ3v) is 6.93. The molecule has 4 atom stereocenters. The molecule has 3 saturated carbocycles. The summed E-state index contributed by atoms with van der Waals surface area (Å²) in [6.45, 7) is 0. The van der Waals surface area contributed by atoms with Crippen LogP contribution in [0.25, 0.3) is 0 Å². The van der Waals surface area contributed by atoms with Crippen LogP contribution >= 0.6 is 0 Å². The fourth-order valence-electron chi connectivity index (χ4n) is 5.24. The Morgan fingerprint density at radius 1 is 1.25 bits per heavy atom. The van der Waals surface area contributed by atoms with Crippen LogP contribution in [0.1, 0.15) is 70.6 Å². The van der Waals surface area contributed by atoms with Gasteiger partial charge in [-0.25, -0.2) is 0 Å². The maximum Gasteiger partial charge on any atom is 0.303 e. The van der Waals surface area contributed by atoms with E-state index < -0.39 is 17.7 Å². The van der Waals surface area contributed by atoms with Gasteiger partial charge in [-0.05, 0) is 56.4 Å². The Hall–Kier alpha value is -1.64. The Kier molecular flexibility index (Phi) is 6.95. The van der Waals surface area contributed by atoms with Crippen LogP contribution < -0.4 is 0 Å². The molecule has 0 saturated heterocycles. The second kappa shape index (κ2) is 9.24. The molecule has 3 aliphatic carbocycles. The number of carboxylic acid groups (broad SMARTS) is 1. The second-order valence-electron chi connectivity index (χ2n) is 8.52. The number of ether oxygens (including phenoxy) is 1. The maximum absolute atomic E-state index is 12.5. The number of methoxy groups -OCH3 is 1. The van der Waals surface area contributed by atoms with Gasteiger partial charge < -0.3 is 14.9 Å². The molecular weight excluding hydrogens is 356 g/mol. The van der Waals surface area contributed by atoms with Gasteiger partial charge in [0.2, 0.25) is 5.78 Å². The fourth-order valence-corrected chi connectivity index (χ4v) is 5.24. The monoisotopic (exact) mass is 388 g/mol. The van der Waals surface area contributed by atoms with Crippen molar-refractivity contribution in [3.8, 4) is 11.8 Å². The molecule has 3 rings (SSSR count). The smallest absolute Gasteiger partial charge is 0.303 e. The number of aliphatic hydroxyl groups is 1. The zero-order valence-electron chi connectivity index (χ0n) is 16.8. The van der Waals surface area contributed by atoms with E-state index in [1.54, 1.807) is 7.11 Å². The van der Waals surface area contributed by atoms with Gasteiger partial charge in [-0.1, -0.05) is 31.3 Å². The first-order valence-corrected chi connectivity index (χ1v) is 10.7. The summed E-state index contributed by atoms with van der Waals surface area (Å²) < 4.78 is 5.92. The number of unbranched alkanes of at least 4 members (excludes halogenated alkanes) is 1. The Balaban J connectivity index is 1.67. The van der Waals surface area contributed by atoms with E-state index in [4.69, 9.17) is 9.84 Å². The third-order valence-electron chi connectivity index (χ3n) is 6.93. The zero-order valence-corrected chi connectivity index (χ0v) is 16.8. The number of aliphatic hydroxyl groups excluding tert-OH is 1. The quantitative estimate of drug-likeness (QED) is 0.315. The first-order valence-electron chi connectivity index (χ1n) is 10.7. The van der Waals surface area contributed by atoms with E-state index in [0.29, 0.717) is 12.8 Å². The summed E-state index contributed by atoms with van der Waals surface area (Å²) in [6, 6.07) is 0. The van der Waals surface area contributed by atoms with E-state index in [1.807, 2.05) is 0 Å². The van der Waals surface area contributed by atoms with Crippen LogP contribution in [0.3, 0.4) is 0 Å². The van der Waals surface area contributed by atoms with Gasteiger partial charge >= 0.3 is 5.97 Å². The minimum Gasteiger partial charge on any atom is -0.481 e. The van der Waals surface area contributed by atoms with E-state index in [2.05, 4.69) is 17.9 Å². The Bertz CT molecular complexity index is 679. The minimum absolute atomic E-state index is 0.0317. The van der Waals surface area contributed by atoms with Crippen LogP contribution in [-0.4, -0.2) is 40.8 Å². The van der Waals surface area contributed by atoms with Gasteiger partial charge in [0.15, 0.2) is 0 Å². The molecule has 0 aromatic heterocycles. The van der Waals surface area contributed by atoms with Gasteiger partial charge in [0.1, 0.15) is 0 Å².